The predicted octanol–water partition coefficient (Wildman–Crippen LogP) is 2.83. The summed E-state index contributed by atoms with van der Waals surface area (Å²) in [7, 11) is 0. The summed E-state index contributed by atoms with van der Waals surface area (Å²) in [5.74, 6) is -0.244. The fraction of sp³-hybridized carbons (Fsp3) is 0.333. The van der Waals surface area contributed by atoms with Crippen LogP contribution >= 0.6 is 27.5 Å². The second kappa shape index (κ2) is 4.31. The Balaban J connectivity index is 2.68. The smallest absolute Gasteiger partial charge is 0.422 e. The van der Waals surface area contributed by atoms with Crippen molar-refractivity contribution in [1.82, 2.24) is 10.2 Å². The normalized spacial score (nSPS) is 11.5. The lowest BCUT2D eigenvalue weighted by Crippen LogP contribution is -2.20. The fourth-order valence-electron chi connectivity index (χ4n) is 0.584. The highest BCUT2D eigenvalue weighted by Gasteiger charge is 2.29. The molecule has 8 heteroatoms. The van der Waals surface area contributed by atoms with E-state index in [0.717, 1.165) is 0 Å². The fourth-order valence-corrected chi connectivity index (χ4v) is 1.27. The molecule has 14 heavy (non-hydrogen) atoms. The molecule has 0 aliphatic carbocycles. The first-order valence-electron chi connectivity index (χ1n) is 3.27. The van der Waals surface area contributed by atoms with Gasteiger partial charge in [0.15, 0.2) is 11.8 Å². The van der Waals surface area contributed by atoms with Crippen molar-refractivity contribution in [3.8, 4) is 5.88 Å². The van der Waals surface area contributed by atoms with Crippen molar-refractivity contribution in [3.63, 3.8) is 0 Å². The van der Waals surface area contributed by atoms with Crippen LogP contribution in [0.15, 0.2) is 10.5 Å². The number of hydrogen-bond acceptors (Lipinski definition) is 3. The van der Waals surface area contributed by atoms with E-state index in [1.807, 2.05) is 0 Å². The molecule has 78 valence electrons. The number of aromatic nitrogens is 2. The van der Waals surface area contributed by atoms with Gasteiger partial charge in [0.2, 0.25) is 5.88 Å². The van der Waals surface area contributed by atoms with Crippen molar-refractivity contribution in [2.24, 2.45) is 0 Å². The molecule has 0 saturated heterocycles. The van der Waals surface area contributed by atoms with Gasteiger partial charge in [-0.15, -0.1) is 10.2 Å². The predicted molar refractivity (Wildman–Crippen MR) is 46.3 cm³/mol. The average molecular weight is 291 g/mol. The lowest BCUT2D eigenvalue weighted by molar-refractivity contribution is -0.154. The highest BCUT2D eigenvalue weighted by molar-refractivity contribution is 9.10. The quantitative estimate of drug-likeness (QED) is 0.840. The molecule has 0 N–H and O–H groups in total. The Kier molecular flexibility index (Phi) is 3.54. The summed E-state index contributed by atoms with van der Waals surface area (Å²) in [6, 6.07) is 1.29. The maximum Gasteiger partial charge on any atom is 0.422 e. The van der Waals surface area contributed by atoms with E-state index >= 15 is 0 Å². The zero-order chi connectivity index (χ0) is 10.8. The van der Waals surface area contributed by atoms with Crippen molar-refractivity contribution in [1.29, 1.82) is 0 Å². The third-order valence-corrected chi connectivity index (χ3v) is 1.81. The molecule has 0 aliphatic rings. The number of halogens is 5. The number of ether oxygens (including phenoxy) is 1. The van der Waals surface area contributed by atoms with Gasteiger partial charge in [-0.2, -0.15) is 13.2 Å². The Hall–Kier alpha value is -0.560. The minimum Gasteiger partial charge on any atom is -0.466 e. The Morgan fingerprint density at radius 1 is 1.43 bits per heavy atom. The van der Waals surface area contributed by atoms with E-state index in [4.69, 9.17) is 11.6 Å². The highest BCUT2D eigenvalue weighted by atomic mass is 79.9. The monoisotopic (exact) mass is 290 g/mol. The van der Waals surface area contributed by atoms with Crippen molar-refractivity contribution in [2.75, 3.05) is 6.61 Å². The van der Waals surface area contributed by atoms with E-state index in [1.165, 1.54) is 6.07 Å². The van der Waals surface area contributed by atoms with Gasteiger partial charge in [-0.05, 0) is 22.0 Å². The van der Waals surface area contributed by atoms with Crippen molar-refractivity contribution in [3.05, 3.63) is 15.7 Å². The lowest BCUT2D eigenvalue weighted by atomic mass is 10.5. The van der Waals surface area contributed by atoms with Crippen LogP contribution in [-0.4, -0.2) is 23.0 Å². The summed E-state index contributed by atoms with van der Waals surface area (Å²) in [5, 5.41) is 6.73. The SMILES string of the molecule is FC(F)(F)COc1nnc(Cl)cc1Br. The summed E-state index contributed by atoms with van der Waals surface area (Å²) in [6.07, 6.45) is -4.40. The van der Waals surface area contributed by atoms with Crippen LogP contribution in [0, 0.1) is 0 Å². The summed E-state index contributed by atoms with van der Waals surface area (Å²) in [5.41, 5.74) is 0. The van der Waals surface area contributed by atoms with Gasteiger partial charge in [-0.25, -0.2) is 0 Å². The third kappa shape index (κ3) is 3.67. The van der Waals surface area contributed by atoms with Crippen LogP contribution in [0.4, 0.5) is 13.2 Å². The summed E-state index contributed by atoms with van der Waals surface area (Å²) in [4.78, 5) is 0. The molecule has 0 amide bonds. The van der Waals surface area contributed by atoms with Crippen LogP contribution in [0.25, 0.3) is 0 Å². The van der Waals surface area contributed by atoms with Gasteiger partial charge in [0, 0.05) is 0 Å². The molecule has 1 aromatic rings. The van der Waals surface area contributed by atoms with Crippen LogP contribution in [0.5, 0.6) is 5.88 Å². The Bertz CT molecular complexity index is 333. The molecule has 0 fully saturated rings. The summed E-state index contributed by atoms with van der Waals surface area (Å²) < 4.78 is 39.8. The first-order chi connectivity index (χ1) is 6.38. The minimum absolute atomic E-state index is 0.0660. The van der Waals surface area contributed by atoms with Crippen molar-refractivity contribution < 1.29 is 17.9 Å². The third-order valence-electron chi connectivity index (χ3n) is 1.06. The van der Waals surface area contributed by atoms with Gasteiger partial charge in [-0.1, -0.05) is 11.6 Å². The van der Waals surface area contributed by atoms with Crippen molar-refractivity contribution >= 4 is 27.5 Å². The molecule has 0 atom stereocenters. The molecule has 1 rings (SSSR count). The Labute approximate surface area is 90.4 Å². The summed E-state index contributed by atoms with van der Waals surface area (Å²) in [6.45, 7) is -1.41. The molecule has 0 aliphatic heterocycles. The van der Waals surface area contributed by atoms with Crippen molar-refractivity contribution in [2.45, 2.75) is 6.18 Å². The van der Waals surface area contributed by atoms with Gasteiger partial charge in [0.25, 0.3) is 0 Å². The molecule has 0 radical (unpaired) electrons. The molecule has 3 nitrogen and oxygen atoms in total. The van der Waals surface area contributed by atoms with Crippen LogP contribution in [-0.2, 0) is 0 Å². The molecule has 0 unspecified atom stereocenters. The average Bonchev–Trinajstić information content (AvgIpc) is 2.00. The highest BCUT2D eigenvalue weighted by Crippen LogP contribution is 2.25. The molecule has 0 aromatic carbocycles. The van der Waals surface area contributed by atoms with Gasteiger partial charge < -0.3 is 4.74 Å². The van der Waals surface area contributed by atoms with Crippen LogP contribution in [0.2, 0.25) is 5.15 Å². The Morgan fingerprint density at radius 3 is 2.57 bits per heavy atom. The summed E-state index contributed by atoms with van der Waals surface area (Å²) >= 11 is 8.36. The van der Waals surface area contributed by atoms with E-state index < -0.39 is 12.8 Å². The van der Waals surface area contributed by atoms with E-state index in [1.54, 1.807) is 0 Å². The number of nitrogens with zero attached hydrogens (tertiary/aromatic N) is 2. The van der Waals surface area contributed by atoms with Crippen LogP contribution in [0.3, 0.4) is 0 Å². The maximum absolute atomic E-state index is 11.7. The zero-order valence-corrected chi connectivity index (χ0v) is 8.82. The van der Waals surface area contributed by atoms with Gasteiger partial charge in [-0.3, -0.25) is 0 Å². The second-order valence-corrected chi connectivity index (χ2v) is 3.47. The largest absolute Gasteiger partial charge is 0.466 e. The number of hydrogen-bond donors (Lipinski definition) is 0. The van der Waals surface area contributed by atoms with Gasteiger partial charge in [0.1, 0.15) is 0 Å². The zero-order valence-electron chi connectivity index (χ0n) is 6.48. The molecule has 0 spiro atoms. The molecular weight excluding hydrogens is 288 g/mol. The second-order valence-electron chi connectivity index (χ2n) is 2.22. The first kappa shape index (κ1) is 11.5. The van der Waals surface area contributed by atoms with Gasteiger partial charge >= 0.3 is 6.18 Å². The topological polar surface area (TPSA) is 35.0 Å². The van der Waals surface area contributed by atoms with E-state index in [0.29, 0.717) is 0 Å². The molecule has 1 aromatic heterocycles. The van der Waals surface area contributed by atoms with E-state index in [-0.39, 0.29) is 15.5 Å². The maximum atomic E-state index is 11.7. The number of alkyl halides is 3. The standard InChI is InChI=1S/C6H3BrClF3N2O/c7-3-1-4(8)12-13-5(3)14-2-6(9,10)11/h1H,2H2. The Morgan fingerprint density at radius 2 is 2.07 bits per heavy atom. The molecule has 0 bridgehead atoms. The lowest BCUT2D eigenvalue weighted by Gasteiger charge is -2.08. The minimum atomic E-state index is -4.40. The van der Waals surface area contributed by atoms with E-state index in [9.17, 15) is 13.2 Å². The van der Waals surface area contributed by atoms with E-state index in [2.05, 4.69) is 30.9 Å². The van der Waals surface area contributed by atoms with Crippen LogP contribution in [0.1, 0.15) is 0 Å². The molecule has 1 heterocycles. The number of rotatable bonds is 2. The van der Waals surface area contributed by atoms with Crippen LogP contribution < -0.4 is 4.74 Å². The van der Waals surface area contributed by atoms with Gasteiger partial charge in [0.05, 0.1) is 4.47 Å². The molecule has 0 saturated carbocycles. The molecular formula is C6H3BrClF3N2O. The first-order valence-corrected chi connectivity index (χ1v) is 4.44.